The van der Waals surface area contributed by atoms with Gasteiger partial charge < -0.3 is 11.1 Å². The molecule has 1 atom stereocenters. The summed E-state index contributed by atoms with van der Waals surface area (Å²) in [7, 11) is 0. The van der Waals surface area contributed by atoms with E-state index in [-0.39, 0.29) is 28.7 Å². The smallest absolute Gasteiger partial charge is 0.189 e. The molecular formula is C15H27IN4S. The van der Waals surface area contributed by atoms with E-state index in [4.69, 9.17) is 5.73 Å². The van der Waals surface area contributed by atoms with Gasteiger partial charge in [0.25, 0.3) is 0 Å². The van der Waals surface area contributed by atoms with Crippen LogP contribution in [-0.4, -0.2) is 21.7 Å². The van der Waals surface area contributed by atoms with Crippen LogP contribution in [0.5, 0.6) is 0 Å². The van der Waals surface area contributed by atoms with Crippen molar-refractivity contribution in [2.75, 3.05) is 0 Å². The number of hydrogen-bond donors (Lipinski definition) is 2. The van der Waals surface area contributed by atoms with Crippen molar-refractivity contribution in [3.05, 3.63) is 23.9 Å². The van der Waals surface area contributed by atoms with Crippen LogP contribution in [0, 0.1) is 0 Å². The third-order valence-electron chi connectivity index (χ3n) is 2.65. The van der Waals surface area contributed by atoms with Crippen LogP contribution in [0.2, 0.25) is 0 Å². The molecule has 0 aliphatic rings. The maximum absolute atomic E-state index is 5.86. The average molecular weight is 422 g/mol. The van der Waals surface area contributed by atoms with Gasteiger partial charge in [0.2, 0.25) is 0 Å². The van der Waals surface area contributed by atoms with E-state index >= 15 is 0 Å². The quantitative estimate of drug-likeness (QED) is 0.328. The first-order valence-corrected chi connectivity index (χ1v) is 7.82. The number of nitrogens with two attached hydrogens (primary N) is 1. The Bertz CT molecular complexity index is 457. The number of rotatable bonds is 5. The Morgan fingerprint density at radius 1 is 1.48 bits per heavy atom. The van der Waals surface area contributed by atoms with Gasteiger partial charge in [0, 0.05) is 17.0 Å². The van der Waals surface area contributed by atoms with Gasteiger partial charge in [0.05, 0.1) is 11.6 Å². The highest BCUT2D eigenvalue weighted by atomic mass is 127. The molecule has 6 heteroatoms. The fraction of sp³-hybridized carbons (Fsp3) is 0.600. The van der Waals surface area contributed by atoms with Crippen LogP contribution in [-0.2, 0) is 6.54 Å². The zero-order valence-corrected chi connectivity index (χ0v) is 16.7. The minimum absolute atomic E-state index is 0. The Hall–Kier alpha value is -0.500. The summed E-state index contributed by atoms with van der Waals surface area (Å²) in [6.45, 7) is 11.3. The topological polar surface area (TPSA) is 63.3 Å². The highest BCUT2D eigenvalue weighted by molar-refractivity contribution is 14.0. The summed E-state index contributed by atoms with van der Waals surface area (Å²) < 4.78 is 0.159. The zero-order chi connectivity index (χ0) is 15.2. The van der Waals surface area contributed by atoms with Gasteiger partial charge in [-0.25, -0.2) is 9.98 Å². The standard InChI is InChI=1S/C15H26N4S.HI/c1-6-11(2)19-14(16)18-10-12-7-8-17-13(9-12)20-15(3,4)5;/h7-9,11H,6,10H2,1-5H3,(H3,16,18,19);1H. The number of thioether (sulfide) groups is 1. The fourth-order valence-corrected chi connectivity index (χ4v) is 2.45. The first kappa shape index (κ1) is 20.5. The molecule has 1 aromatic rings. The first-order valence-electron chi connectivity index (χ1n) is 7.00. The second-order valence-corrected chi connectivity index (χ2v) is 7.72. The lowest BCUT2D eigenvalue weighted by atomic mass is 10.2. The molecule has 0 amide bonds. The van der Waals surface area contributed by atoms with Crippen LogP contribution in [0.1, 0.15) is 46.6 Å². The molecule has 21 heavy (non-hydrogen) atoms. The summed E-state index contributed by atoms with van der Waals surface area (Å²) in [5.74, 6) is 0.501. The van der Waals surface area contributed by atoms with Crippen molar-refractivity contribution in [3.63, 3.8) is 0 Å². The monoisotopic (exact) mass is 422 g/mol. The molecule has 0 aliphatic carbocycles. The van der Waals surface area contributed by atoms with Crippen LogP contribution in [0.25, 0.3) is 0 Å². The number of aromatic nitrogens is 1. The van der Waals surface area contributed by atoms with E-state index in [1.807, 2.05) is 12.3 Å². The van der Waals surface area contributed by atoms with Crippen LogP contribution in [0.4, 0.5) is 0 Å². The minimum atomic E-state index is 0. The Morgan fingerprint density at radius 3 is 2.71 bits per heavy atom. The van der Waals surface area contributed by atoms with E-state index in [1.54, 1.807) is 11.8 Å². The summed E-state index contributed by atoms with van der Waals surface area (Å²) in [4.78, 5) is 8.75. The molecule has 0 aromatic carbocycles. The molecule has 1 heterocycles. The zero-order valence-electron chi connectivity index (χ0n) is 13.5. The first-order chi connectivity index (χ1) is 9.30. The van der Waals surface area contributed by atoms with Crippen molar-refractivity contribution < 1.29 is 0 Å². The Morgan fingerprint density at radius 2 is 2.14 bits per heavy atom. The number of pyridine rings is 1. The number of guanidine groups is 1. The lowest BCUT2D eigenvalue weighted by Crippen LogP contribution is -2.38. The van der Waals surface area contributed by atoms with Crippen molar-refractivity contribution in [2.24, 2.45) is 10.7 Å². The molecule has 0 saturated carbocycles. The molecule has 0 fully saturated rings. The van der Waals surface area contributed by atoms with Crippen LogP contribution >= 0.6 is 35.7 Å². The highest BCUT2D eigenvalue weighted by Crippen LogP contribution is 2.30. The molecule has 3 N–H and O–H groups in total. The molecule has 0 spiro atoms. The predicted octanol–water partition coefficient (Wildman–Crippen LogP) is 3.79. The summed E-state index contributed by atoms with van der Waals surface area (Å²) in [6.07, 6.45) is 2.86. The molecule has 0 aliphatic heterocycles. The summed E-state index contributed by atoms with van der Waals surface area (Å²) in [5, 5.41) is 4.19. The average Bonchev–Trinajstić information content (AvgIpc) is 2.34. The van der Waals surface area contributed by atoms with Crippen molar-refractivity contribution >= 4 is 41.7 Å². The van der Waals surface area contributed by atoms with E-state index in [0.717, 1.165) is 17.0 Å². The fourth-order valence-electron chi connectivity index (χ4n) is 1.49. The molecule has 0 bridgehead atoms. The third kappa shape index (κ3) is 9.18. The minimum Gasteiger partial charge on any atom is -0.370 e. The van der Waals surface area contributed by atoms with Crippen molar-refractivity contribution in [1.82, 2.24) is 10.3 Å². The summed E-state index contributed by atoms with van der Waals surface area (Å²) in [5.41, 5.74) is 6.98. The molecule has 0 saturated heterocycles. The molecule has 1 unspecified atom stereocenters. The predicted molar refractivity (Wildman–Crippen MR) is 103 cm³/mol. The van der Waals surface area contributed by atoms with E-state index in [1.165, 1.54) is 0 Å². The van der Waals surface area contributed by atoms with Gasteiger partial charge in [-0.1, -0.05) is 27.7 Å². The largest absolute Gasteiger partial charge is 0.370 e. The van der Waals surface area contributed by atoms with Gasteiger partial charge in [-0.05, 0) is 31.0 Å². The highest BCUT2D eigenvalue weighted by Gasteiger charge is 2.13. The van der Waals surface area contributed by atoms with Gasteiger partial charge in [0.15, 0.2) is 5.96 Å². The van der Waals surface area contributed by atoms with Gasteiger partial charge in [0.1, 0.15) is 0 Å². The van der Waals surface area contributed by atoms with Crippen molar-refractivity contribution in [1.29, 1.82) is 0 Å². The Balaban J connectivity index is 0.00000400. The SMILES string of the molecule is CCC(C)NC(N)=NCc1ccnc(SC(C)(C)C)c1.I. The van der Waals surface area contributed by atoms with Crippen LogP contribution in [0.3, 0.4) is 0 Å². The van der Waals surface area contributed by atoms with E-state index in [2.05, 4.69) is 56.0 Å². The molecule has 1 aromatic heterocycles. The van der Waals surface area contributed by atoms with Gasteiger partial charge in [-0.2, -0.15) is 0 Å². The number of nitrogens with one attached hydrogen (secondary N) is 1. The number of aliphatic imine (C=N–C) groups is 1. The van der Waals surface area contributed by atoms with E-state index < -0.39 is 0 Å². The second-order valence-electron chi connectivity index (χ2n) is 5.87. The van der Waals surface area contributed by atoms with Crippen LogP contribution < -0.4 is 11.1 Å². The molecule has 0 radical (unpaired) electrons. The molecule has 4 nitrogen and oxygen atoms in total. The van der Waals surface area contributed by atoms with E-state index in [0.29, 0.717) is 18.5 Å². The van der Waals surface area contributed by atoms with Crippen molar-refractivity contribution in [2.45, 2.75) is 63.4 Å². The normalized spacial score (nSPS) is 13.5. The Kier molecular flexibility index (Phi) is 9.28. The van der Waals surface area contributed by atoms with Crippen LogP contribution in [0.15, 0.2) is 28.3 Å². The van der Waals surface area contributed by atoms with Crippen molar-refractivity contribution in [3.8, 4) is 0 Å². The molecule has 1 rings (SSSR count). The van der Waals surface area contributed by atoms with E-state index in [9.17, 15) is 0 Å². The molecular weight excluding hydrogens is 395 g/mol. The maximum atomic E-state index is 5.86. The van der Waals surface area contributed by atoms with Gasteiger partial charge >= 0.3 is 0 Å². The maximum Gasteiger partial charge on any atom is 0.189 e. The lowest BCUT2D eigenvalue weighted by Gasteiger charge is -2.16. The summed E-state index contributed by atoms with van der Waals surface area (Å²) >= 11 is 1.76. The van der Waals surface area contributed by atoms with Gasteiger partial charge in [-0.15, -0.1) is 35.7 Å². The Labute approximate surface area is 149 Å². The van der Waals surface area contributed by atoms with Gasteiger partial charge in [-0.3, -0.25) is 0 Å². The summed E-state index contributed by atoms with van der Waals surface area (Å²) in [6, 6.07) is 4.41. The number of hydrogen-bond acceptors (Lipinski definition) is 3. The second kappa shape index (κ2) is 9.50. The number of nitrogens with zero attached hydrogens (tertiary/aromatic N) is 2. The number of halogens is 1. The lowest BCUT2D eigenvalue weighted by molar-refractivity contribution is 0.636. The third-order valence-corrected chi connectivity index (χ3v) is 3.69. The molecule has 120 valence electrons.